The van der Waals surface area contributed by atoms with E-state index in [1.165, 1.54) is 0 Å². The number of rotatable bonds is 9. The molecule has 26 heavy (non-hydrogen) atoms. The summed E-state index contributed by atoms with van der Waals surface area (Å²) in [5.74, 6) is 1.16. The summed E-state index contributed by atoms with van der Waals surface area (Å²) >= 11 is 0. The van der Waals surface area contributed by atoms with Crippen molar-refractivity contribution >= 4 is 10.0 Å². The minimum absolute atomic E-state index is 0.00424. The molecule has 2 atom stereocenters. The van der Waals surface area contributed by atoms with Crippen LogP contribution in [0.3, 0.4) is 0 Å². The summed E-state index contributed by atoms with van der Waals surface area (Å²) in [5.41, 5.74) is 6.99. The highest BCUT2D eigenvalue weighted by molar-refractivity contribution is 7.89. The molecule has 0 heterocycles. The average Bonchev–Trinajstić information content (AvgIpc) is 2.53. The molecule has 0 amide bonds. The van der Waals surface area contributed by atoms with Crippen LogP contribution in [-0.4, -0.2) is 21.0 Å². The summed E-state index contributed by atoms with van der Waals surface area (Å²) in [6.45, 7) is 15.4. The maximum absolute atomic E-state index is 12.8. The van der Waals surface area contributed by atoms with Gasteiger partial charge in [-0.1, -0.05) is 60.6 Å². The molecule has 0 spiro atoms. The van der Waals surface area contributed by atoms with Gasteiger partial charge in [0, 0.05) is 6.04 Å². The van der Waals surface area contributed by atoms with Crippen molar-refractivity contribution in [2.75, 3.05) is 6.54 Å². The number of hydrogen-bond donors (Lipinski definition) is 2. The lowest BCUT2D eigenvalue weighted by Gasteiger charge is -2.26. The predicted octanol–water partition coefficient (Wildman–Crippen LogP) is 4.30. The molecule has 0 radical (unpaired) electrons. The fourth-order valence-corrected chi connectivity index (χ4v) is 4.47. The van der Waals surface area contributed by atoms with Crippen LogP contribution in [0.1, 0.15) is 66.9 Å². The summed E-state index contributed by atoms with van der Waals surface area (Å²) in [7, 11) is -3.52. The fraction of sp³-hybridized carbons (Fsp3) is 0.714. The van der Waals surface area contributed by atoms with Gasteiger partial charge in [-0.3, -0.25) is 0 Å². The van der Waals surface area contributed by atoms with Crippen LogP contribution in [0.2, 0.25) is 0 Å². The lowest BCUT2D eigenvalue weighted by atomic mass is 9.87. The molecule has 150 valence electrons. The highest BCUT2D eigenvalue weighted by Gasteiger charge is 2.24. The van der Waals surface area contributed by atoms with E-state index in [2.05, 4.69) is 53.2 Å². The minimum Gasteiger partial charge on any atom is -0.330 e. The molecule has 0 aromatic heterocycles. The zero-order valence-electron chi connectivity index (χ0n) is 17.5. The Morgan fingerprint density at radius 1 is 0.962 bits per heavy atom. The van der Waals surface area contributed by atoms with E-state index in [9.17, 15) is 8.42 Å². The van der Waals surface area contributed by atoms with Crippen molar-refractivity contribution in [2.24, 2.45) is 23.5 Å². The number of hydrogen-bond acceptors (Lipinski definition) is 3. The van der Waals surface area contributed by atoms with E-state index in [4.69, 9.17) is 5.73 Å². The monoisotopic (exact) mass is 382 g/mol. The fourth-order valence-electron chi connectivity index (χ4n) is 3.05. The van der Waals surface area contributed by atoms with Gasteiger partial charge in [0.2, 0.25) is 10.0 Å². The van der Waals surface area contributed by atoms with Crippen LogP contribution in [0.4, 0.5) is 0 Å². The molecular formula is C21H38N2O2S. The van der Waals surface area contributed by atoms with Gasteiger partial charge in [-0.25, -0.2) is 13.1 Å². The molecule has 0 aliphatic carbocycles. The third kappa shape index (κ3) is 6.67. The van der Waals surface area contributed by atoms with Crippen LogP contribution in [0.15, 0.2) is 29.2 Å². The van der Waals surface area contributed by atoms with Crippen LogP contribution < -0.4 is 10.5 Å². The van der Waals surface area contributed by atoms with E-state index in [0.29, 0.717) is 23.3 Å². The average molecular weight is 383 g/mol. The van der Waals surface area contributed by atoms with Crippen molar-refractivity contribution < 1.29 is 8.42 Å². The first-order valence-corrected chi connectivity index (χ1v) is 11.2. The first-order chi connectivity index (χ1) is 11.9. The Balaban J connectivity index is 2.89. The lowest BCUT2D eigenvalue weighted by Crippen LogP contribution is -2.39. The van der Waals surface area contributed by atoms with Crippen LogP contribution in [-0.2, 0) is 15.4 Å². The molecule has 3 N–H and O–H groups in total. The van der Waals surface area contributed by atoms with E-state index >= 15 is 0 Å². The Kier molecular flexibility index (Phi) is 8.31. The van der Waals surface area contributed by atoms with Gasteiger partial charge in [-0.2, -0.15) is 0 Å². The third-order valence-electron chi connectivity index (χ3n) is 5.24. The minimum atomic E-state index is -3.52. The first-order valence-electron chi connectivity index (χ1n) is 9.71. The summed E-state index contributed by atoms with van der Waals surface area (Å²) < 4.78 is 28.6. The summed E-state index contributed by atoms with van der Waals surface area (Å²) in [6, 6.07) is 7.13. The molecule has 0 fully saturated rings. The zero-order chi connectivity index (χ0) is 20.1. The molecule has 1 aromatic rings. The van der Waals surface area contributed by atoms with Gasteiger partial charge in [-0.05, 0) is 60.3 Å². The lowest BCUT2D eigenvalue weighted by molar-refractivity contribution is 0.319. The van der Waals surface area contributed by atoms with E-state index in [-0.39, 0.29) is 17.4 Å². The van der Waals surface area contributed by atoms with Crippen LogP contribution in [0, 0.1) is 17.8 Å². The highest BCUT2D eigenvalue weighted by atomic mass is 32.2. The molecule has 4 nitrogen and oxygen atoms in total. The molecule has 1 aromatic carbocycles. The smallest absolute Gasteiger partial charge is 0.240 e. The van der Waals surface area contributed by atoms with Gasteiger partial charge in [0.15, 0.2) is 0 Å². The normalized spacial score (nSPS) is 15.5. The second-order valence-electron chi connectivity index (χ2n) is 9.06. The quantitative estimate of drug-likeness (QED) is 0.669. The molecule has 0 unspecified atom stereocenters. The van der Waals surface area contributed by atoms with Crippen molar-refractivity contribution in [3.63, 3.8) is 0 Å². The van der Waals surface area contributed by atoms with Crippen molar-refractivity contribution in [1.82, 2.24) is 4.72 Å². The zero-order valence-corrected chi connectivity index (χ0v) is 18.4. The Labute approximate surface area is 161 Å². The molecular weight excluding hydrogens is 344 g/mol. The van der Waals surface area contributed by atoms with Crippen molar-refractivity contribution in [3.8, 4) is 0 Å². The van der Waals surface area contributed by atoms with E-state index in [1.54, 1.807) is 12.1 Å². The Bertz CT molecular complexity index is 644. The Morgan fingerprint density at radius 3 is 1.88 bits per heavy atom. The summed E-state index contributed by atoms with van der Waals surface area (Å²) in [5, 5.41) is 0. The summed E-state index contributed by atoms with van der Waals surface area (Å²) in [6.07, 6.45) is 1.74. The van der Waals surface area contributed by atoms with Gasteiger partial charge in [0.25, 0.3) is 0 Å². The molecule has 0 saturated heterocycles. The molecule has 5 heteroatoms. The number of sulfonamides is 1. The van der Waals surface area contributed by atoms with Gasteiger partial charge >= 0.3 is 0 Å². The van der Waals surface area contributed by atoms with Gasteiger partial charge in [0.1, 0.15) is 0 Å². The van der Waals surface area contributed by atoms with Crippen LogP contribution in [0.5, 0.6) is 0 Å². The van der Waals surface area contributed by atoms with E-state index in [1.807, 2.05) is 12.1 Å². The molecule has 0 saturated carbocycles. The second kappa shape index (κ2) is 9.34. The topological polar surface area (TPSA) is 72.2 Å². The van der Waals surface area contributed by atoms with Gasteiger partial charge in [0.05, 0.1) is 4.90 Å². The van der Waals surface area contributed by atoms with Crippen molar-refractivity contribution in [2.45, 2.75) is 77.7 Å². The van der Waals surface area contributed by atoms with Crippen LogP contribution in [0.25, 0.3) is 0 Å². The number of nitrogens with one attached hydrogen (secondary N) is 1. The molecule has 1 rings (SSSR count). The number of benzene rings is 1. The largest absolute Gasteiger partial charge is 0.330 e. The van der Waals surface area contributed by atoms with Crippen molar-refractivity contribution in [1.29, 1.82) is 0 Å². The third-order valence-corrected chi connectivity index (χ3v) is 6.74. The van der Waals surface area contributed by atoms with E-state index in [0.717, 1.165) is 18.4 Å². The van der Waals surface area contributed by atoms with Crippen molar-refractivity contribution in [3.05, 3.63) is 29.8 Å². The summed E-state index contributed by atoms with van der Waals surface area (Å²) in [4.78, 5) is 0.329. The van der Waals surface area contributed by atoms with E-state index < -0.39 is 10.0 Å². The van der Waals surface area contributed by atoms with Gasteiger partial charge < -0.3 is 5.73 Å². The SMILES string of the molecule is CC(C)[C@@H](CN)CC[C@@H](NS(=O)(=O)c1ccc(C(C)(C)C)cc1)C(C)C. The van der Waals surface area contributed by atoms with Gasteiger partial charge in [-0.15, -0.1) is 0 Å². The maximum Gasteiger partial charge on any atom is 0.240 e. The number of nitrogens with two attached hydrogens (primary N) is 1. The van der Waals surface area contributed by atoms with Crippen LogP contribution >= 0.6 is 0 Å². The second-order valence-corrected chi connectivity index (χ2v) is 10.8. The predicted molar refractivity (Wildman–Crippen MR) is 111 cm³/mol. The highest BCUT2D eigenvalue weighted by Crippen LogP contribution is 2.24. The maximum atomic E-state index is 12.8. The molecule has 0 aliphatic heterocycles. The standard InChI is InChI=1S/C21H38N2O2S/c1-15(2)17(14-22)8-13-20(16(3)4)23-26(24,25)19-11-9-18(10-12-19)21(5,6)7/h9-12,15-17,20,23H,8,13-14,22H2,1-7H3/t17-,20-/m1/s1. The molecule has 0 bridgehead atoms. The Hall–Kier alpha value is -0.910. The Morgan fingerprint density at radius 2 is 1.50 bits per heavy atom. The first kappa shape index (κ1) is 23.1. The molecule has 0 aliphatic rings.